The maximum Gasteiger partial charge on any atom is 0.416 e. The number of hydrogen-bond donors (Lipinski definition) is 0. The number of carbonyl (C=O) groups is 2. The van der Waals surface area contributed by atoms with Gasteiger partial charge in [0.1, 0.15) is 0 Å². The maximum atomic E-state index is 13.2. The van der Waals surface area contributed by atoms with Gasteiger partial charge < -0.3 is 9.80 Å². The van der Waals surface area contributed by atoms with Gasteiger partial charge in [-0.1, -0.05) is 24.8 Å². The lowest BCUT2D eigenvalue weighted by atomic mass is 10.1. The van der Waals surface area contributed by atoms with Crippen LogP contribution in [0.15, 0.2) is 61.2 Å². The topological polar surface area (TPSA) is 58.4 Å². The Balaban J connectivity index is 1.65. The van der Waals surface area contributed by atoms with E-state index in [1.807, 2.05) is 0 Å². The summed E-state index contributed by atoms with van der Waals surface area (Å²) in [6.45, 7) is 4.99. The van der Waals surface area contributed by atoms with Crippen molar-refractivity contribution in [2.75, 3.05) is 26.2 Å². The Labute approximate surface area is 176 Å². The normalized spacial score (nSPS) is 14.7. The van der Waals surface area contributed by atoms with Crippen molar-refractivity contribution in [2.24, 2.45) is 0 Å². The molecule has 1 aliphatic rings. The van der Waals surface area contributed by atoms with Crippen LogP contribution in [0.25, 0.3) is 16.6 Å². The summed E-state index contributed by atoms with van der Waals surface area (Å²) < 4.78 is 40.1. The molecule has 1 aliphatic heterocycles. The fourth-order valence-corrected chi connectivity index (χ4v) is 3.62. The van der Waals surface area contributed by atoms with Gasteiger partial charge in [-0.3, -0.25) is 9.59 Å². The van der Waals surface area contributed by atoms with E-state index in [0.29, 0.717) is 42.8 Å². The first-order chi connectivity index (χ1) is 14.8. The predicted molar refractivity (Wildman–Crippen MR) is 109 cm³/mol. The third-order valence-electron chi connectivity index (χ3n) is 5.28. The second kappa shape index (κ2) is 7.90. The van der Waals surface area contributed by atoms with Crippen LogP contribution >= 0.6 is 0 Å². The van der Waals surface area contributed by atoms with E-state index in [4.69, 9.17) is 0 Å². The molecule has 160 valence electrons. The molecular formula is C22H19F3N4O2. The monoisotopic (exact) mass is 428 g/mol. The van der Waals surface area contributed by atoms with Gasteiger partial charge in [-0.05, 0) is 36.4 Å². The van der Waals surface area contributed by atoms with Crippen molar-refractivity contribution in [1.29, 1.82) is 0 Å². The molecule has 2 heterocycles. The molecule has 0 radical (unpaired) electrons. The van der Waals surface area contributed by atoms with Gasteiger partial charge in [-0.2, -0.15) is 18.3 Å². The minimum atomic E-state index is -4.43. The van der Waals surface area contributed by atoms with Crippen LogP contribution in [0.2, 0.25) is 0 Å². The third kappa shape index (κ3) is 3.90. The molecule has 0 aliphatic carbocycles. The summed E-state index contributed by atoms with van der Waals surface area (Å²) in [4.78, 5) is 28.2. The van der Waals surface area contributed by atoms with Gasteiger partial charge >= 0.3 is 6.18 Å². The minimum Gasteiger partial charge on any atom is -0.336 e. The lowest BCUT2D eigenvalue weighted by Crippen LogP contribution is -2.50. The molecule has 0 N–H and O–H groups in total. The number of para-hydroxylation sites is 1. The largest absolute Gasteiger partial charge is 0.416 e. The van der Waals surface area contributed by atoms with E-state index in [1.165, 1.54) is 22.9 Å². The molecule has 4 rings (SSSR count). The molecule has 31 heavy (non-hydrogen) atoms. The summed E-state index contributed by atoms with van der Waals surface area (Å²) in [5, 5.41) is 5.05. The fourth-order valence-electron chi connectivity index (χ4n) is 3.62. The number of hydrogen-bond acceptors (Lipinski definition) is 3. The van der Waals surface area contributed by atoms with Gasteiger partial charge in [-0.25, -0.2) is 4.68 Å². The number of nitrogens with zero attached hydrogens (tertiary/aromatic N) is 4. The van der Waals surface area contributed by atoms with E-state index in [1.54, 1.807) is 34.1 Å². The van der Waals surface area contributed by atoms with Gasteiger partial charge in [0.15, 0.2) is 5.69 Å². The second-order valence-electron chi connectivity index (χ2n) is 7.14. The van der Waals surface area contributed by atoms with E-state index >= 15 is 0 Å². The zero-order valence-corrected chi connectivity index (χ0v) is 16.5. The number of halogens is 3. The number of carbonyl (C=O) groups excluding carboxylic acids is 2. The number of piperazine rings is 1. The average molecular weight is 428 g/mol. The fraction of sp³-hybridized carbons (Fsp3) is 0.227. The van der Waals surface area contributed by atoms with Crippen molar-refractivity contribution in [2.45, 2.75) is 6.18 Å². The van der Waals surface area contributed by atoms with E-state index in [-0.39, 0.29) is 17.5 Å². The van der Waals surface area contributed by atoms with E-state index < -0.39 is 11.7 Å². The SMILES string of the molecule is C=CC(=O)N1CCN(C(=O)c2nn(-c3ccc(C(F)(F)F)cc3)c3ccccc23)CC1. The molecule has 6 nitrogen and oxygen atoms in total. The van der Waals surface area contributed by atoms with Crippen LogP contribution in [0.3, 0.4) is 0 Å². The van der Waals surface area contributed by atoms with Crippen LogP contribution in [0.4, 0.5) is 13.2 Å². The summed E-state index contributed by atoms with van der Waals surface area (Å²) in [6.07, 6.45) is -3.18. The molecule has 9 heteroatoms. The van der Waals surface area contributed by atoms with Crippen molar-refractivity contribution in [3.8, 4) is 5.69 Å². The number of alkyl halides is 3. The van der Waals surface area contributed by atoms with Crippen molar-refractivity contribution in [3.63, 3.8) is 0 Å². The molecule has 0 saturated carbocycles. The smallest absolute Gasteiger partial charge is 0.336 e. The van der Waals surface area contributed by atoms with Gasteiger partial charge in [-0.15, -0.1) is 0 Å². The van der Waals surface area contributed by atoms with Crippen LogP contribution < -0.4 is 0 Å². The number of aromatic nitrogens is 2. The van der Waals surface area contributed by atoms with Crippen molar-refractivity contribution in [3.05, 3.63) is 72.4 Å². The molecular weight excluding hydrogens is 409 g/mol. The molecule has 0 atom stereocenters. The molecule has 1 saturated heterocycles. The highest BCUT2D eigenvalue weighted by Crippen LogP contribution is 2.30. The molecule has 0 unspecified atom stereocenters. The van der Waals surface area contributed by atoms with Crippen molar-refractivity contribution < 1.29 is 22.8 Å². The Hall–Kier alpha value is -3.62. The third-order valence-corrected chi connectivity index (χ3v) is 5.28. The molecule has 0 spiro atoms. The first kappa shape index (κ1) is 20.6. The Morgan fingerprint density at radius 3 is 2.16 bits per heavy atom. The summed E-state index contributed by atoms with van der Waals surface area (Å²) in [6, 6.07) is 11.7. The van der Waals surface area contributed by atoms with Gasteiger partial charge in [0.2, 0.25) is 5.91 Å². The minimum absolute atomic E-state index is 0.177. The Morgan fingerprint density at radius 2 is 1.55 bits per heavy atom. The summed E-state index contributed by atoms with van der Waals surface area (Å²) in [5.41, 5.74) is 0.505. The molecule has 2 aromatic carbocycles. The highest BCUT2D eigenvalue weighted by Gasteiger charge is 2.31. The van der Waals surface area contributed by atoms with Crippen LogP contribution in [0.5, 0.6) is 0 Å². The van der Waals surface area contributed by atoms with Crippen LogP contribution in [-0.4, -0.2) is 57.6 Å². The molecule has 0 bridgehead atoms. The highest BCUT2D eigenvalue weighted by atomic mass is 19.4. The number of rotatable bonds is 3. The lowest BCUT2D eigenvalue weighted by molar-refractivity contribution is -0.137. The summed E-state index contributed by atoms with van der Waals surface area (Å²) >= 11 is 0. The Bertz CT molecular complexity index is 1140. The standard InChI is InChI=1S/C22H19F3N4O2/c1-2-19(30)27-11-13-28(14-12-27)21(31)20-17-5-3-4-6-18(17)29(26-20)16-9-7-15(8-10-16)22(23,24)25/h2-10H,1,11-14H2. The molecule has 2 amide bonds. The number of benzene rings is 2. The first-order valence-electron chi connectivity index (χ1n) is 9.65. The Morgan fingerprint density at radius 1 is 0.935 bits per heavy atom. The van der Waals surface area contributed by atoms with Crippen molar-refractivity contribution in [1.82, 2.24) is 19.6 Å². The van der Waals surface area contributed by atoms with Crippen molar-refractivity contribution >= 4 is 22.7 Å². The highest BCUT2D eigenvalue weighted by molar-refractivity contribution is 6.05. The molecule has 1 aromatic heterocycles. The zero-order valence-electron chi connectivity index (χ0n) is 16.5. The molecule has 3 aromatic rings. The molecule has 1 fully saturated rings. The zero-order chi connectivity index (χ0) is 22.2. The van der Waals surface area contributed by atoms with E-state index in [0.717, 1.165) is 12.1 Å². The lowest BCUT2D eigenvalue weighted by Gasteiger charge is -2.33. The summed E-state index contributed by atoms with van der Waals surface area (Å²) in [7, 11) is 0. The summed E-state index contributed by atoms with van der Waals surface area (Å²) in [5.74, 6) is -0.461. The number of fused-ring (bicyclic) bond motifs is 1. The quantitative estimate of drug-likeness (QED) is 0.600. The van der Waals surface area contributed by atoms with E-state index in [9.17, 15) is 22.8 Å². The Kier molecular flexibility index (Phi) is 5.26. The predicted octanol–water partition coefficient (Wildman–Crippen LogP) is 3.51. The van der Waals surface area contributed by atoms with Gasteiger partial charge in [0, 0.05) is 31.6 Å². The van der Waals surface area contributed by atoms with Crippen LogP contribution in [0.1, 0.15) is 16.1 Å². The van der Waals surface area contributed by atoms with Gasteiger partial charge in [0.25, 0.3) is 5.91 Å². The van der Waals surface area contributed by atoms with Gasteiger partial charge in [0.05, 0.1) is 16.8 Å². The first-order valence-corrected chi connectivity index (χ1v) is 9.65. The number of amides is 2. The maximum absolute atomic E-state index is 13.2. The van der Waals surface area contributed by atoms with Crippen LogP contribution in [-0.2, 0) is 11.0 Å². The van der Waals surface area contributed by atoms with Crippen LogP contribution in [0, 0.1) is 0 Å². The second-order valence-corrected chi connectivity index (χ2v) is 7.14. The average Bonchev–Trinajstić information content (AvgIpc) is 3.17. The van der Waals surface area contributed by atoms with E-state index in [2.05, 4.69) is 11.7 Å².